The van der Waals surface area contributed by atoms with E-state index in [9.17, 15) is 4.79 Å². The highest BCUT2D eigenvalue weighted by Crippen LogP contribution is 2.09. The Morgan fingerprint density at radius 3 is 2.29 bits per heavy atom. The van der Waals surface area contributed by atoms with Crippen LogP contribution in [0.5, 0.6) is 0 Å². The maximum absolute atomic E-state index is 11.4. The Morgan fingerprint density at radius 2 is 1.71 bits per heavy atom. The fourth-order valence-corrected chi connectivity index (χ4v) is 2.14. The van der Waals surface area contributed by atoms with Gasteiger partial charge in [0, 0.05) is 6.54 Å². The molecule has 0 radical (unpaired) electrons. The maximum atomic E-state index is 11.4. The second-order valence-corrected chi connectivity index (χ2v) is 6.87. The third kappa shape index (κ3) is 13.8. The van der Waals surface area contributed by atoms with Crippen molar-refractivity contribution in [3.63, 3.8) is 0 Å². The Kier molecular flexibility index (Phi) is 10.8. The smallest absolute Gasteiger partial charge is 0.230 e. The molecule has 0 aliphatic heterocycles. The molecule has 0 fully saturated rings. The molecule has 0 unspecified atom stereocenters. The molecule has 1 amide bonds. The van der Waals surface area contributed by atoms with Gasteiger partial charge in [0.1, 0.15) is 0 Å². The van der Waals surface area contributed by atoms with Crippen LogP contribution in [-0.4, -0.2) is 23.5 Å². The van der Waals surface area contributed by atoms with E-state index in [2.05, 4.69) is 33.0 Å². The van der Waals surface area contributed by atoms with E-state index in [1.165, 1.54) is 25.7 Å². The standard InChI is InChI=1S/C14H29NOS/c1-12(2)9-7-5-6-8-10-15-14(16)11-17-13(3)4/h12-13H,5-11H2,1-4H3,(H,15,16). The van der Waals surface area contributed by atoms with Crippen molar-refractivity contribution in [1.29, 1.82) is 0 Å². The fraction of sp³-hybridized carbons (Fsp3) is 0.929. The number of unbranched alkanes of at least 4 members (excludes halogenated alkanes) is 3. The van der Waals surface area contributed by atoms with Gasteiger partial charge >= 0.3 is 0 Å². The number of nitrogens with one attached hydrogen (secondary N) is 1. The van der Waals surface area contributed by atoms with E-state index in [-0.39, 0.29) is 5.91 Å². The van der Waals surface area contributed by atoms with E-state index in [0.717, 1.165) is 18.9 Å². The predicted octanol–water partition coefficient (Wildman–Crippen LogP) is 3.85. The molecule has 3 heteroatoms. The van der Waals surface area contributed by atoms with Crippen molar-refractivity contribution in [2.45, 2.75) is 65.0 Å². The fourth-order valence-electron chi connectivity index (χ4n) is 1.55. The first-order valence-electron chi connectivity index (χ1n) is 6.90. The van der Waals surface area contributed by atoms with Crippen LogP contribution < -0.4 is 5.32 Å². The monoisotopic (exact) mass is 259 g/mol. The summed E-state index contributed by atoms with van der Waals surface area (Å²) in [5.41, 5.74) is 0. The molecular weight excluding hydrogens is 230 g/mol. The molecule has 102 valence electrons. The van der Waals surface area contributed by atoms with Crippen molar-refractivity contribution >= 4 is 17.7 Å². The largest absolute Gasteiger partial charge is 0.355 e. The Hall–Kier alpha value is -0.180. The van der Waals surface area contributed by atoms with E-state index in [1.54, 1.807) is 11.8 Å². The summed E-state index contributed by atoms with van der Waals surface area (Å²) in [6.07, 6.45) is 6.32. The Balaban J connectivity index is 3.19. The molecule has 0 aliphatic rings. The Bertz CT molecular complexity index is 193. The molecule has 0 bridgehead atoms. The lowest BCUT2D eigenvalue weighted by Gasteiger charge is -2.07. The molecule has 0 aromatic rings. The van der Waals surface area contributed by atoms with Gasteiger partial charge in [0.15, 0.2) is 0 Å². The van der Waals surface area contributed by atoms with Gasteiger partial charge in [-0.1, -0.05) is 53.4 Å². The zero-order chi connectivity index (χ0) is 13.1. The first-order chi connectivity index (χ1) is 8.02. The van der Waals surface area contributed by atoms with Gasteiger partial charge in [-0.25, -0.2) is 0 Å². The molecule has 0 saturated heterocycles. The molecule has 0 atom stereocenters. The van der Waals surface area contributed by atoms with E-state index in [0.29, 0.717) is 11.0 Å². The van der Waals surface area contributed by atoms with E-state index >= 15 is 0 Å². The third-order valence-corrected chi connectivity index (χ3v) is 3.67. The van der Waals surface area contributed by atoms with Crippen LogP contribution >= 0.6 is 11.8 Å². The molecule has 0 spiro atoms. The summed E-state index contributed by atoms with van der Waals surface area (Å²) in [5.74, 6) is 1.61. The summed E-state index contributed by atoms with van der Waals surface area (Å²) in [6, 6.07) is 0. The van der Waals surface area contributed by atoms with Gasteiger partial charge in [0.2, 0.25) is 5.91 Å². The topological polar surface area (TPSA) is 29.1 Å². The van der Waals surface area contributed by atoms with Gasteiger partial charge in [0.05, 0.1) is 5.75 Å². The van der Waals surface area contributed by atoms with Gasteiger partial charge < -0.3 is 5.32 Å². The first-order valence-corrected chi connectivity index (χ1v) is 7.95. The third-order valence-electron chi connectivity index (χ3n) is 2.58. The van der Waals surface area contributed by atoms with Gasteiger partial charge in [-0.2, -0.15) is 0 Å². The van der Waals surface area contributed by atoms with Crippen LogP contribution in [0.2, 0.25) is 0 Å². The van der Waals surface area contributed by atoms with Gasteiger partial charge in [-0.3, -0.25) is 4.79 Å². The molecule has 2 nitrogen and oxygen atoms in total. The lowest BCUT2D eigenvalue weighted by molar-refractivity contribution is -0.118. The number of carbonyl (C=O) groups excluding carboxylic acids is 1. The van der Waals surface area contributed by atoms with Crippen LogP contribution in [0.3, 0.4) is 0 Å². The number of amides is 1. The average molecular weight is 259 g/mol. The zero-order valence-electron chi connectivity index (χ0n) is 11.9. The number of hydrogen-bond donors (Lipinski definition) is 1. The minimum atomic E-state index is 0.186. The summed E-state index contributed by atoms with van der Waals surface area (Å²) in [6.45, 7) is 9.62. The number of rotatable bonds is 10. The molecule has 0 saturated carbocycles. The summed E-state index contributed by atoms with van der Waals surface area (Å²) in [5, 5.41) is 3.52. The molecule has 0 aromatic heterocycles. The van der Waals surface area contributed by atoms with E-state index < -0.39 is 0 Å². The summed E-state index contributed by atoms with van der Waals surface area (Å²) in [7, 11) is 0. The van der Waals surface area contributed by atoms with Crippen LogP contribution in [0.4, 0.5) is 0 Å². The van der Waals surface area contributed by atoms with Crippen molar-refractivity contribution in [3.05, 3.63) is 0 Å². The molecule has 0 heterocycles. The average Bonchev–Trinajstić information content (AvgIpc) is 2.24. The van der Waals surface area contributed by atoms with Crippen molar-refractivity contribution < 1.29 is 4.79 Å². The van der Waals surface area contributed by atoms with Gasteiger partial charge in [0.25, 0.3) is 0 Å². The molecule has 0 aromatic carbocycles. The normalized spacial score (nSPS) is 11.2. The Morgan fingerprint density at radius 1 is 1.06 bits per heavy atom. The highest BCUT2D eigenvalue weighted by Gasteiger charge is 2.02. The highest BCUT2D eigenvalue weighted by molar-refractivity contribution is 8.00. The highest BCUT2D eigenvalue weighted by atomic mass is 32.2. The quantitative estimate of drug-likeness (QED) is 0.604. The second-order valence-electron chi connectivity index (χ2n) is 5.31. The minimum absolute atomic E-state index is 0.186. The van der Waals surface area contributed by atoms with Crippen molar-refractivity contribution in [3.8, 4) is 0 Å². The summed E-state index contributed by atoms with van der Waals surface area (Å²) < 4.78 is 0. The summed E-state index contributed by atoms with van der Waals surface area (Å²) >= 11 is 1.70. The van der Waals surface area contributed by atoms with Crippen LogP contribution in [0, 0.1) is 5.92 Å². The molecule has 0 rings (SSSR count). The van der Waals surface area contributed by atoms with Crippen molar-refractivity contribution in [2.24, 2.45) is 5.92 Å². The van der Waals surface area contributed by atoms with Crippen molar-refractivity contribution in [1.82, 2.24) is 5.32 Å². The van der Waals surface area contributed by atoms with Gasteiger partial charge in [-0.05, 0) is 17.6 Å². The number of carbonyl (C=O) groups is 1. The molecular formula is C14H29NOS. The number of thioether (sulfide) groups is 1. The van der Waals surface area contributed by atoms with Crippen molar-refractivity contribution in [2.75, 3.05) is 12.3 Å². The van der Waals surface area contributed by atoms with Crippen LogP contribution in [-0.2, 0) is 4.79 Å². The molecule has 0 aliphatic carbocycles. The van der Waals surface area contributed by atoms with Crippen LogP contribution in [0.1, 0.15) is 59.8 Å². The Labute approximate surface area is 111 Å². The van der Waals surface area contributed by atoms with E-state index in [4.69, 9.17) is 0 Å². The lowest BCUT2D eigenvalue weighted by atomic mass is 10.0. The SMILES string of the molecule is CC(C)CCCCCCNC(=O)CSC(C)C. The van der Waals surface area contributed by atoms with Gasteiger partial charge in [-0.15, -0.1) is 11.8 Å². The zero-order valence-corrected chi connectivity index (χ0v) is 12.7. The van der Waals surface area contributed by atoms with Crippen LogP contribution in [0.25, 0.3) is 0 Å². The van der Waals surface area contributed by atoms with Crippen LogP contribution in [0.15, 0.2) is 0 Å². The second kappa shape index (κ2) is 10.9. The first kappa shape index (κ1) is 16.8. The van der Waals surface area contributed by atoms with E-state index in [1.807, 2.05) is 0 Å². The lowest BCUT2D eigenvalue weighted by Crippen LogP contribution is -2.26. The predicted molar refractivity (Wildman–Crippen MR) is 78.5 cm³/mol. The summed E-state index contributed by atoms with van der Waals surface area (Å²) in [4.78, 5) is 11.4. The molecule has 1 N–H and O–H groups in total. The maximum Gasteiger partial charge on any atom is 0.230 e. The number of hydrogen-bond acceptors (Lipinski definition) is 2. The minimum Gasteiger partial charge on any atom is -0.355 e. The molecule has 17 heavy (non-hydrogen) atoms.